The average molecular weight is 863 g/mol. The Balaban J connectivity index is 1.09. The summed E-state index contributed by atoms with van der Waals surface area (Å²) in [6.07, 6.45) is 6.08. The van der Waals surface area contributed by atoms with E-state index in [2.05, 4.69) is 21.3 Å². The fraction of sp³-hybridized carbons (Fsp3) is 0.429. The summed E-state index contributed by atoms with van der Waals surface area (Å²) in [5, 5.41) is 13.3. The second-order valence-corrected chi connectivity index (χ2v) is 15.2. The molecule has 0 saturated carbocycles. The van der Waals surface area contributed by atoms with Gasteiger partial charge < -0.3 is 59.5 Å². The van der Waals surface area contributed by atoms with Crippen LogP contribution in [0.4, 0.5) is 0 Å². The normalized spacial score (nSPS) is 21.5. The summed E-state index contributed by atoms with van der Waals surface area (Å²) < 4.78 is 33.4. The molecule has 16 nitrogen and oxygen atoms in total. The van der Waals surface area contributed by atoms with Crippen LogP contribution in [0.15, 0.2) is 71.1 Å². The van der Waals surface area contributed by atoms with Crippen molar-refractivity contribution in [3.8, 4) is 23.0 Å². The molecule has 4 heterocycles. The SMILES string of the molecule is COC(=O)[C@@H]1CCCN1C(=O)C1=C(C)NC(=S)NC1c1ccc(OC/C=C/COc2ccc(C3NC(=S)NC(C)=C3C(=O)N3CCC[C@H]3C(=O)OC)cc2OC)c(OC)c1. The minimum absolute atomic E-state index is 0.203. The van der Waals surface area contributed by atoms with Crippen LogP contribution in [0, 0.1) is 0 Å². The number of methoxy groups -OCH3 is 4. The minimum Gasteiger partial charge on any atom is -0.493 e. The largest absolute Gasteiger partial charge is 0.493 e. The Morgan fingerprint density at radius 1 is 0.650 bits per heavy atom. The van der Waals surface area contributed by atoms with Gasteiger partial charge in [-0.1, -0.05) is 12.1 Å². The van der Waals surface area contributed by atoms with Gasteiger partial charge in [-0.2, -0.15) is 0 Å². The third-order valence-electron chi connectivity index (χ3n) is 10.9. The van der Waals surface area contributed by atoms with E-state index < -0.39 is 36.1 Å². The molecule has 0 radical (unpaired) electrons. The molecule has 4 N–H and O–H groups in total. The van der Waals surface area contributed by atoms with Crippen molar-refractivity contribution in [1.29, 1.82) is 0 Å². The molecule has 2 aromatic rings. The molecule has 4 aliphatic heterocycles. The first-order chi connectivity index (χ1) is 28.9. The average Bonchev–Trinajstić information content (AvgIpc) is 3.95. The summed E-state index contributed by atoms with van der Waals surface area (Å²) in [7, 11) is 5.71. The van der Waals surface area contributed by atoms with E-state index in [4.69, 9.17) is 52.9 Å². The molecule has 0 spiro atoms. The lowest BCUT2D eigenvalue weighted by Crippen LogP contribution is -2.49. The summed E-state index contributed by atoms with van der Waals surface area (Å²) in [4.78, 5) is 55.9. The minimum atomic E-state index is -0.649. The van der Waals surface area contributed by atoms with E-state index >= 15 is 0 Å². The molecular formula is C42H50N6O10S2. The van der Waals surface area contributed by atoms with Crippen LogP contribution < -0.4 is 40.2 Å². The predicted octanol–water partition coefficient (Wildman–Crippen LogP) is 3.63. The Hall–Kier alpha value is -5.88. The second-order valence-electron chi connectivity index (χ2n) is 14.4. The Labute approximate surface area is 359 Å². The van der Waals surface area contributed by atoms with Gasteiger partial charge in [0.25, 0.3) is 11.8 Å². The molecule has 0 aliphatic carbocycles. The highest BCUT2D eigenvalue weighted by atomic mass is 32.1. The van der Waals surface area contributed by atoms with Gasteiger partial charge >= 0.3 is 11.9 Å². The van der Waals surface area contributed by atoms with E-state index in [0.29, 0.717) is 94.5 Å². The van der Waals surface area contributed by atoms with Crippen molar-refractivity contribution in [2.75, 3.05) is 54.7 Å². The van der Waals surface area contributed by atoms with Gasteiger partial charge in [0.15, 0.2) is 33.2 Å². The van der Waals surface area contributed by atoms with E-state index in [-0.39, 0.29) is 25.0 Å². The number of hydrogen-bond donors (Lipinski definition) is 4. The molecule has 2 amide bonds. The fourth-order valence-electron chi connectivity index (χ4n) is 7.92. The maximum atomic E-state index is 13.9. The molecule has 4 atom stereocenters. The van der Waals surface area contributed by atoms with E-state index in [1.54, 1.807) is 47.9 Å². The molecule has 320 valence electrons. The zero-order chi connectivity index (χ0) is 43.1. The third-order valence-corrected chi connectivity index (χ3v) is 11.3. The van der Waals surface area contributed by atoms with Gasteiger partial charge in [0.05, 0.1) is 51.7 Å². The third kappa shape index (κ3) is 9.28. The molecule has 6 rings (SSSR count). The quantitative estimate of drug-likeness (QED) is 0.123. The second kappa shape index (κ2) is 19.5. The Morgan fingerprint density at radius 2 is 1.05 bits per heavy atom. The fourth-order valence-corrected chi connectivity index (χ4v) is 8.47. The smallest absolute Gasteiger partial charge is 0.328 e. The highest BCUT2D eigenvalue weighted by molar-refractivity contribution is 7.80. The van der Waals surface area contributed by atoms with Crippen LogP contribution in [0.3, 0.4) is 0 Å². The number of nitrogens with zero attached hydrogens (tertiary/aromatic N) is 2. The first-order valence-electron chi connectivity index (χ1n) is 19.5. The number of carbonyl (C=O) groups excluding carboxylic acids is 4. The zero-order valence-corrected chi connectivity index (χ0v) is 36.0. The molecule has 2 fully saturated rings. The maximum absolute atomic E-state index is 13.9. The number of nitrogens with one attached hydrogen (secondary N) is 4. The number of carbonyl (C=O) groups is 4. The summed E-state index contributed by atoms with van der Waals surface area (Å²) in [6, 6.07) is 8.28. The molecule has 0 bridgehead atoms. The molecule has 2 aromatic carbocycles. The van der Waals surface area contributed by atoms with Crippen molar-refractivity contribution in [3.05, 3.63) is 82.2 Å². The van der Waals surface area contributed by atoms with Gasteiger partial charge in [-0.25, -0.2) is 9.59 Å². The van der Waals surface area contributed by atoms with Gasteiger partial charge in [0.1, 0.15) is 25.3 Å². The van der Waals surface area contributed by atoms with Crippen molar-refractivity contribution in [1.82, 2.24) is 31.1 Å². The van der Waals surface area contributed by atoms with Crippen molar-refractivity contribution >= 4 is 58.4 Å². The topological polar surface area (TPSA) is 178 Å². The molecule has 2 unspecified atom stereocenters. The summed E-state index contributed by atoms with van der Waals surface area (Å²) in [6.45, 7) is 4.86. The number of amides is 2. The lowest BCUT2D eigenvalue weighted by molar-refractivity contribution is -0.150. The predicted molar refractivity (Wildman–Crippen MR) is 228 cm³/mol. The Bertz CT molecular complexity index is 1990. The van der Waals surface area contributed by atoms with Gasteiger partial charge in [-0.3, -0.25) is 9.59 Å². The number of rotatable bonds is 14. The number of ether oxygens (including phenoxy) is 6. The lowest BCUT2D eigenvalue weighted by atomic mass is 9.94. The van der Waals surface area contributed by atoms with Crippen LogP contribution in [-0.2, 0) is 28.7 Å². The number of esters is 2. The molecular weight excluding hydrogens is 813 g/mol. The Morgan fingerprint density at radius 3 is 1.42 bits per heavy atom. The lowest BCUT2D eigenvalue weighted by Gasteiger charge is -2.33. The van der Waals surface area contributed by atoms with Crippen LogP contribution >= 0.6 is 24.4 Å². The van der Waals surface area contributed by atoms with Gasteiger partial charge in [-0.15, -0.1) is 0 Å². The summed E-state index contributed by atoms with van der Waals surface area (Å²) >= 11 is 10.9. The number of hydrogen-bond acceptors (Lipinski definition) is 12. The van der Waals surface area contributed by atoms with Gasteiger partial charge in [0, 0.05) is 24.5 Å². The van der Waals surface area contributed by atoms with Gasteiger partial charge in [-0.05, 0) is 112 Å². The van der Waals surface area contributed by atoms with E-state index in [1.807, 2.05) is 24.3 Å². The van der Waals surface area contributed by atoms with Crippen LogP contribution in [-0.4, -0.2) is 111 Å². The van der Waals surface area contributed by atoms with Crippen molar-refractivity contribution < 1.29 is 47.6 Å². The molecule has 2 saturated heterocycles. The number of benzene rings is 2. The van der Waals surface area contributed by atoms with Gasteiger partial charge in [0.2, 0.25) is 0 Å². The van der Waals surface area contributed by atoms with Crippen LogP contribution in [0.5, 0.6) is 23.0 Å². The number of thiocarbonyl (C=S) groups is 2. The zero-order valence-electron chi connectivity index (χ0n) is 34.4. The molecule has 60 heavy (non-hydrogen) atoms. The molecule has 18 heteroatoms. The Kier molecular flexibility index (Phi) is 14.2. The molecule has 4 aliphatic rings. The van der Waals surface area contributed by atoms with Crippen LogP contribution in [0.25, 0.3) is 0 Å². The number of allylic oxidation sites excluding steroid dienone is 2. The standard InChI is InChI=1S/C42H50N6O10S2/c1-23-33(37(49)47-17-9-11-27(47)39(51)55-5)35(45-41(59)43-23)25-13-15-29(31(21-25)53-3)57-19-7-8-20-58-30-16-14-26(22-32(30)54-4)36-34(24(2)44-42(60)46-36)38(50)48-18-10-12-28(48)40(52)56-6/h7-8,13-16,21-22,27-28,35-36H,9-12,17-20H2,1-6H3,(H2,43,45,59)(H2,44,46,60)/b8-7+/t27-,28-,35?,36?/m0/s1. The first kappa shape index (κ1) is 43.7. The van der Waals surface area contributed by atoms with E-state index in [0.717, 1.165) is 11.1 Å². The van der Waals surface area contributed by atoms with Crippen molar-refractivity contribution in [2.24, 2.45) is 0 Å². The highest BCUT2D eigenvalue weighted by Crippen LogP contribution is 2.38. The highest BCUT2D eigenvalue weighted by Gasteiger charge is 2.42. The first-order valence-corrected chi connectivity index (χ1v) is 20.3. The summed E-state index contributed by atoms with van der Waals surface area (Å²) in [5.74, 6) is 0.437. The van der Waals surface area contributed by atoms with Crippen LogP contribution in [0.2, 0.25) is 0 Å². The van der Waals surface area contributed by atoms with E-state index in [1.165, 1.54) is 28.4 Å². The maximum Gasteiger partial charge on any atom is 0.328 e. The van der Waals surface area contributed by atoms with E-state index in [9.17, 15) is 19.2 Å². The number of likely N-dealkylation sites (tertiary alicyclic amines) is 2. The van der Waals surface area contributed by atoms with Crippen molar-refractivity contribution in [2.45, 2.75) is 63.7 Å². The molecule has 0 aromatic heterocycles. The van der Waals surface area contributed by atoms with Crippen LogP contribution in [0.1, 0.15) is 62.7 Å². The summed E-state index contributed by atoms with van der Waals surface area (Å²) in [5.41, 5.74) is 3.50. The van der Waals surface area contributed by atoms with Crippen molar-refractivity contribution in [3.63, 3.8) is 0 Å². The monoisotopic (exact) mass is 862 g/mol.